The number of hydrogen-bond donors (Lipinski definition) is 1. The van der Waals surface area contributed by atoms with Gasteiger partial charge >= 0.3 is 0 Å². The number of aryl methyl sites for hydroxylation is 1. The number of pyridine rings is 1. The van der Waals surface area contributed by atoms with E-state index in [0.717, 1.165) is 22.5 Å². The molecule has 2 aromatic rings. The van der Waals surface area contributed by atoms with Crippen LogP contribution in [0.5, 0.6) is 5.88 Å². The minimum atomic E-state index is 0.411. The van der Waals surface area contributed by atoms with Gasteiger partial charge in [-0.05, 0) is 31.9 Å². The van der Waals surface area contributed by atoms with Crippen LogP contribution in [0.25, 0.3) is 11.0 Å². The number of H-pyrrole nitrogens is 1. The molecule has 0 saturated heterocycles. The monoisotopic (exact) mass is 188 g/mol. The van der Waals surface area contributed by atoms with Crippen molar-refractivity contribution in [3.8, 4) is 5.88 Å². The first kappa shape index (κ1) is 7.85. The highest BCUT2D eigenvalue weighted by molar-refractivity contribution is 5.76. The summed E-state index contributed by atoms with van der Waals surface area (Å²) in [6.45, 7) is 2.04. The molecule has 3 rings (SSSR count). The number of hydrogen-bond acceptors (Lipinski definition) is 2. The molecule has 0 aliphatic heterocycles. The highest BCUT2D eigenvalue weighted by Gasteiger charge is 2.24. The molecule has 1 aliphatic rings. The molecule has 0 bridgehead atoms. The fourth-order valence-corrected chi connectivity index (χ4v) is 1.53. The molecule has 1 fully saturated rings. The van der Waals surface area contributed by atoms with Gasteiger partial charge in [-0.1, -0.05) is 0 Å². The van der Waals surface area contributed by atoms with Crippen LogP contribution >= 0.6 is 0 Å². The number of aromatic nitrogens is 2. The molecule has 2 aromatic heterocycles. The lowest BCUT2D eigenvalue weighted by Crippen LogP contribution is -2.00. The molecule has 14 heavy (non-hydrogen) atoms. The van der Waals surface area contributed by atoms with Crippen LogP contribution in [-0.4, -0.2) is 16.1 Å². The summed E-state index contributed by atoms with van der Waals surface area (Å²) in [5.41, 5.74) is 2.02. The van der Waals surface area contributed by atoms with E-state index in [9.17, 15) is 0 Å². The van der Waals surface area contributed by atoms with Crippen LogP contribution < -0.4 is 4.74 Å². The molecule has 72 valence electrons. The Labute approximate surface area is 82.1 Å². The minimum absolute atomic E-state index is 0.411. The van der Waals surface area contributed by atoms with Crippen LogP contribution in [0.15, 0.2) is 18.3 Å². The zero-order chi connectivity index (χ0) is 9.54. The molecule has 0 aromatic carbocycles. The van der Waals surface area contributed by atoms with Crippen LogP contribution in [-0.2, 0) is 0 Å². The van der Waals surface area contributed by atoms with Crippen molar-refractivity contribution in [3.63, 3.8) is 0 Å². The van der Waals surface area contributed by atoms with Crippen molar-refractivity contribution in [2.75, 3.05) is 0 Å². The highest BCUT2D eigenvalue weighted by Crippen LogP contribution is 2.28. The van der Waals surface area contributed by atoms with Crippen molar-refractivity contribution in [1.82, 2.24) is 9.97 Å². The molecule has 0 atom stereocenters. The molecule has 1 saturated carbocycles. The third-order valence-electron chi connectivity index (χ3n) is 2.48. The maximum atomic E-state index is 5.70. The molecule has 0 spiro atoms. The summed E-state index contributed by atoms with van der Waals surface area (Å²) < 4.78 is 5.70. The average Bonchev–Trinajstić information content (AvgIpc) is 2.85. The summed E-state index contributed by atoms with van der Waals surface area (Å²) >= 11 is 0. The second-order valence-corrected chi connectivity index (χ2v) is 3.84. The van der Waals surface area contributed by atoms with Crippen LogP contribution in [0, 0.1) is 6.92 Å². The zero-order valence-corrected chi connectivity index (χ0v) is 8.08. The lowest BCUT2D eigenvalue weighted by Gasteiger charge is -2.06. The predicted molar refractivity (Wildman–Crippen MR) is 54.5 cm³/mol. The summed E-state index contributed by atoms with van der Waals surface area (Å²) in [6.07, 6.45) is 4.65. The lowest BCUT2D eigenvalue weighted by atomic mass is 10.2. The molecule has 0 amide bonds. The number of nitrogens with one attached hydrogen (secondary N) is 1. The summed E-state index contributed by atoms with van der Waals surface area (Å²) in [5.74, 6) is 0.780. The minimum Gasteiger partial charge on any atom is -0.474 e. The number of aromatic amines is 1. The van der Waals surface area contributed by atoms with Gasteiger partial charge < -0.3 is 9.72 Å². The Morgan fingerprint density at radius 3 is 3.14 bits per heavy atom. The van der Waals surface area contributed by atoms with Crippen LogP contribution in [0.1, 0.15) is 18.4 Å². The first-order valence-corrected chi connectivity index (χ1v) is 4.94. The van der Waals surface area contributed by atoms with E-state index in [0.29, 0.717) is 6.10 Å². The van der Waals surface area contributed by atoms with Gasteiger partial charge in [-0.2, -0.15) is 4.98 Å². The Hall–Kier alpha value is -1.51. The fraction of sp³-hybridized carbons (Fsp3) is 0.364. The van der Waals surface area contributed by atoms with Gasteiger partial charge in [-0.25, -0.2) is 0 Å². The summed E-state index contributed by atoms with van der Waals surface area (Å²) in [6, 6.07) is 4.13. The van der Waals surface area contributed by atoms with E-state index in [-0.39, 0.29) is 0 Å². The van der Waals surface area contributed by atoms with E-state index < -0.39 is 0 Å². The van der Waals surface area contributed by atoms with E-state index in [1.807, 2.05) is 19.2 Å². The topological polar surface area (TPSA) is 37.9 Å². The molecule has 1 aliphatic carbocycles. The molecular weight excluding hydrogens is 176 g/mol. The van der Waals surface area contributed by atoms with Gasteiger partial charge in [-0.3, -0.25) is 0 Å². The molecule has 1 N–H and O–H groups in total. The number of nitrogens with zero attached hydrogens (tertiary/aromatic N) is 1. The van der Waals surface area contributed by atoms with Gasteiger partial charge in [-0.15, -0.1) is 0 Å². The van der Waals surface area contributed by atoms with Gasteiger partial charge in [0.15, 0.2) is 0 Å². The van der Waals surface area contributed by atoms with Gasteiger partial charge in [0.1, 0.15) is 11.8 Å². The van der Waals surface area contributed by atoms with Gasteiger partial charge in [0.25, 0.3) is 0 Å². The maximum Gasteiger partial charge on any atom is 0.218 e. The van der Waals surface area contributed by atoms with Crippen LogP contribution in [0.3, 0.4) is 0 Å². The Bertz CT molecular complexity index is 471. The average molecular weight is 188 g/mol. The van der Waals surface area contributed by atoms with Crippen LogP contribution in [0.2, 0.25) is 0 Å². The molecule has 0 unspecified atom stereocenters. The second kappa shape index (κ2) is 2.74. The van der Waals surface area contributed by atoms with Gasteiger partial charge in [0, 0.05) is 17.1 Å². The Balaban J connectivity index is 2.07. The second-order valence-electron chi connectivity index (χ2n) is 3.84. The summed E-state index contributed by atoms with van der Waals surface area (Å²) in [5, 5.41) is 1.14. The highest BCUT2D eigenvalue weighted by atomic mass is 16.5. The smallest absolute Gasteiger partial charge is 0.218 e. The molecule has 0 radical (unpaired) electrons. The van der Waals surface area contributed by atoms with Crippen LogP contribution in [0.4, 0.5) is 0 Å². The van der Waals surface area contributed by atoms with Crippen molar-refractivity contribution >= 4 is 11.0 Å². The molecular formula is C11H12N2O. The van der Waals surface area contributed by atoms with E-state index in [1.54, 1.807) is 0 Å². The fourth-order valence-electron chi connectivity index (χ4n) is 1.53. The Morgan fingerprint density at radius 2 is 2.36 bits per heavy atom. The van der Waals surface area contributed by atoms with Gasteiger partial charge in [0.2, 0.25) is 5.88 Å². The Morgan fingerprint density at radius 1 is 1.50 bits per heavy atom. The maximum absolute atomic E-state index is 5.70. The summed E-state index contributed by atoms with van der Waals surface area (Å²) in [7, 11) is 0. The number of ether oxygens (including phenoxy) is 1. The normalized spacial score (nSPS) is 16.1. The van der Waals surface area contributed by atoms with Crippen molar-refractivity contribution in [3.05, 3.63) is 23.9 Å². The number of rotatable bonds is 2. The van der Waals surface area contributed by atoms with E-state index >= 15 is 0 Å². The third-order valence-corrected chi connectivity index (χ3v) is 2.48. The Kier molecular flexibility index (Phi) is 1.54. The van der Waals surface area contributed by atoms with Crippen molar-refractivity contribution in [2.24, 2.45) is 0 Å². The van der Waals surface area contributed by atoms with Gasteiger partial charge in [0.05, 0.1) is 0 Å². The first-order valence-electron chi connectivity index (χ1n) is 4.94. The molecule has 3 heteroatoms. The molecule has 2 heterocycles. The van der Waals surface area contributed by atoms with E-state index in [2.05, 4.69) is 16.0 Å². The third kappa shape index (κ3) is 1.25. The quantitative estimate of drug-likeness (QED) is 0.785. The van der Waals surface area contributed by atoms with Crippen molar-refractivity contribution in [1.29, 1.82) is 0 Å². The van der Waals surface area contributed by atoms with E-state index in [1.165, 1.54) is 12.8 Å². The lowest BCUT2D eigenvalue weighted by molar-refractivity contribution is 0.290. The SMILES string of the molecule is Cc1cc2cc[nH]c2nc1OC1CC1. The van der Waals surface area contributed by atoms with E-state index in [4.69, 9.17) is 4.74 Å². The first-order chi connectivity index (χ1) is 6.83. The zero-order valence-electron chi connectivity index (χ0n) is 8.08. The summed E-state index contributed by atoms with van der Waals surface area (Å²) in [4.78, 5) is 7.53. The standard InChI is InChI=1S/C11H12N2O/c1-7-6-8-4-5-12-10(8)13-11(7)14-9-2-3-9/h4-6,9H,2-3H2,1H3,(H,12,13). The molecule has 3 nitrogen and oxygen atoms in total. The largest absolute Gasteiger partial charge is 0.474 e. The van der Waals surface area contributed by atoms with Crippen molar-refractivity contribution < 1.29 is 4.74 Å². The predicted octanol–water partition coefficient (Wildman–Crippen LogP) is 2.41. The number of fused-ring (bicyclic) bond motifs is 1. The van der Waals surface area contributed by atoms with Crippen molar-refractivity contribution in [2.45, 2.75) is 25.9 Å².